The fraction of sp³-hybridized carbons (Fsp3) is 0.370. The Hall–Kier alpha value is -4.41. The second-order valence-electron chi connectivity index (χ2n) is 9.32. The van der Waals surface area contributed by atoms with Crippen molar-refractivity contribution in [1.82, 2.24) is 30.4 Å². The molecule has 0 spiro atoms. The van der Waals surface area contributed by atoms with E-state index in [0.717, 1.165) is 25.7 Å². The molecule has 1 N–H and O–H groups in total. The van der Waals surface area contributed by atoms with Crippen LogP contribution in [0.1, 0.15) is 48.8 Å². The summed E-state index contributed by atoms with van der Waals surface area (Å²) < 4.78 is 16.4. The molecule has 3 heterocycles. The Kier molecular flexibility index (Phi) is 7.52. The van der Waals surface area contributed by atoms with Gasteiger partial charge in [-0.1, -0.05) is 25.0 Å². The highest BCUT2D eigenvalue weighted by Gasteiger charge is 2.34. The van der Waals surface area contributed by atoms with Crippen molar-refractivity contribution in [3.8, 4) is 17.3 Å². The van der Waals surface area contributed by atoms with Crippen LogP contribution < -0.4 is 10.1 Å². The predicted molar refractivity (Wildman–Crippen MR) is 136 cm³/mol. The highest BCUT2D eigenvalue weighted by Crippen LogP contribution is 2.28. The minimum atomic E-state index is -0.908. The van der Waals surface area contributed by atoms with Gasteiger partial charge in [-0.05, 0) is 66.9 Å². The molecule has 0 radical (unpaired) electrons. The van der Waals surface area contributed by atoms with E-state index in [1.54, 1.807) is 55.6 Å². The third-order valence-electron chi connectivity index (χ3n) is 6.61. The number of aryl methyl sites for hydroxylation is 1. The number of benzene rings is 1. The van der Waals surface area contributed by atoms with E-state index < -0.39 is 6.04 Å². The van der Waals surface area contributed by atoms with Gasteiger partial charge < -0.3 is 23.8 Å². The van der Waals surface area contributed by atoms with Crippen LogP contribution in [0.4, 0.5) is 0 Å². The van der Waals surface area contributed by atoms with Gasteiger partial charge in [0.15, 0.2) is 5.76 Å². The van der Waals surface area contributed by atoms with Crippen LogP contribution in [0, 0.1) is 6.92 Å². The summed E-state index contributed by atoms with van der Waals surface area (Å²) in [5.74, 6) is 2.02. The first-order valence-electron chi connectivity index (χ1n) is 12.6. The van der Waals surface area contributed by atoms with E-state index in [0.29, 0.717) is 28.6 Å². The normalized spacial score (nSPS) is 14.4. The molecule has 1 aliphatic rings. The molecule has 1 aliphatic carbocycles. The van der Waals surface area contributed by atoms with Gasteiger partial charge >= 0.3 is 0 Å². The van der Waals surface area contributed by atoms with Gasteiger partial charge in [0.2, 0.25) is 17.6 Å². The molecule has 4 aromatic rings. The summed E-state index contributed by atoms with van der Waals surface area (Å²) in [5.41, 5.74) is 0.652. The first kappa shape index (κ1) is 25.2. The number of rotatable bonds is 10. The third-order valence-corrected chi connectivity index (χ3v) is 6.61. The molecule has 0 saturated heterocycles. The number of carbonyl (C=O) groups excluding carboxylic acids is 2. The number of ether oxygens (including phenoxy) is 1. The number of tetrazole rings is 1. The van der Waals surface area contributed by atoms with Gasteiger partial charge in [0.25, 0.3) is 0 Å². The van der Waals surface area contributed by atoms with Gasteiger partial charge in [0, 0.05) is 6.04 Å². The predicted octanol–water partition coefficient (Wildman–Crippen LogP) is 3.67. The molecule has 3 aromatic heterocycles. The van der Waals surface area contributed by atoms with Gasteiger partial charge in [0.1, 0.15) is 29.9 Å². The molecule has 1 aromatic carbocycles. The minimum absolute atomic E-state index is 0.0829. The number of furan rings is 2. The van der Waals surface area contributed by atoms with E-state index in [4.69, 9.17) is 13.6 Å². The van der Waals surface area contributed by atoms with Crippen molar-refractivity contribution < 1.29 is 23.2 Å². The molecule has 0 bridgehead atoms. The lowest BCUT2D eigenvalue weighted by atomic mass is 10.0. The molecule has 11 heteroatoms. The minimum Gasteiger partial charge on any atom is -0.497 e. The molecule has 5 rings (SSSR count). The highest BCUT2D eigenvalue weighted by atomic mass is 16.5. The van der Waals surface area contributed by atoms with Crippen molar-refractivity contribution in [3.63, 3.8) is 0 Å². The Bertz CT molecular complexity index is 1350. The van der Waals surface area contributed by atoms with Gasteiger partial charge in [-0.2, -0.15) is 4.80 Å². The van der Waals surface area contributed by atoms with E-state index >= 15 is 0 Å². The van der Waals surface area contributed by atoms with Gasteiger partial charge in [-0.25, -0.2) is 0 Å². The first-order valence-corrected chi connectivity index (χ1v) is 12.6. The molecule has 1 atom stereocenters. The Morgan fingerprint density at radius 2 is 1.95 bits per heavy atom. The summed E-state index contributed by atoms with van der Waals surface area (Å²) in [4.78, 5) is 30.2. The smallest absolute Gasteiger partial charge is 0.247 e. The fourth-order valence-electron chi connectivity index (χ4n) is 4.68. The van der Waals surface area contributed by atoms with E-state index in [-0.39, 0.29) is 36.8 Å². The summed E-state index contributed by atoms with van der Waals surface area (Å²) in [6, 6.07) is 13.4. The van der Waals surface area contributed by atoms with Crippen LogP contribution in [-0.4, -0.2) is 50.1 Å². The van der Waals surface area contributed by atoms with Crippen LogP contribution in [0.25, 0.3) is 11.6 Å². The van der Waals surface area contributed by atoms with E-state index in [9.17, 15) is 9.59 Å². The topological polar surface area (TPSA) is 129 Å². The van der Waals surface area contributed by atoms with Gasteiger partial charge in [-0.3, -0.25) is 9.59 Å². The molecule has 2 amide bonds. The number of aromatic nitrogens is 4. The van der Waals surface area contributed by atoms with Crippen LogP contribution in [0.2, 0.25) is 0 Å². The van der Waals surface area contributed by atoms with Crippen LogP contribution in [-0.2, 0) is 22.7 Å². The second-order valence-corrected chi connectivity index (χ2v) is 9.32. The monoisotopic (exact) mass is 518 g/mol. The largest absolute Gasteiger partial charge is 0.497 e. The highest BCUT2D eigenvalue weighted by molar-refractivity contribution is 5.89. The molecule has 198 valence electrons. The Balaban J connectivity index is 1.45. The summed E-state index contributed by atoms with van der Waals surface area (Å²) in [6.45, 7) is 1.68. The van der Waals surface area contributed by atoms with Gasteiger partial charge in [-0.15, -0.1) is 10.2 Å². The van der Waals surface area contributed by atoms with Crippen molar-refractivity contribution in [3.05, 3.63) is 71.9 Å². The van der Waals surface area contributed by atoms with Crippen molar-refractivity contribution in [2.24, 2.45) is 0 Å². The molecule has 1 fully saturated rings. The number of hydrogen-bond donors (Lipinski definition) is 1. The Labute approximate surface area is 219 Å². The lowest BCUT2D eigenvalue weighted by Crippen LogP contribution is -2.46. The molecular formula is C27H30N6O5. The Morgan fingerprint density at radius 1 is 1.16 bits per heavy atom. The maximum Gasteiger partial charge on any atom is 0.247 e. The standard InChI is InChI=1S/C27H30N6O5/c1-18-9-14-23(38-18)26-29-31-33(30-26)17-24(34)32(16-22-8-5-15-37-22)25(19-10-12-21(36-2)13-11-19)27(35)28-20-6-3-4-7-20/h5,8-15,20,25H,3-4,6-7,16-17H2,1-2H3,(H,28,35). The van der Waals surface area contributed by atoms with Crippen LogP contribution in [0.15, 0.2) is 63.6 Å². The number of hydrogen-bond acceptors (Lipinski definition) is 8. The zero-order valence-corrected chi connectivity index (χ0v) is 21.4. The Morgan fingerprint density at radius 3 is 2.61 bits per heavy atom. The molecule has 1 unspecified atom stereocenters. The molecule has 11 nitrogen and oxygen atoms in total. The van der Waals surface area contributed by atoms with Gasteiger partial charge in [0.05, 0.1) is 19.9 Å². The maximum atomic E-state index is 13.8. The van der Waals surface area contributed by atoms with Crippen molar-refractivity contribution >= 4 is 11.8 Å². The summed E-state index contributed by atoms with van der Waals surface area (Å²) in [6.07, 6.45) is 5.52. The SMILES string of the molecule is COc1ccc(C(C(=O)NC2CCCC2)N(Cc2ccco2)C(=O)Cn2nnc(-c3ccc(C)o3)n2)cc1. The van der Waals surface area contributed by atoms with Crippen LogP contribution >= 0.6 is 0 Å². The number of methoxy groups -OCH3 is 1. The van der Waals surface area contributed by atoms with E-state index in [2.05, 4.69) is 20.7 Å². The van der Waals surface area contributed by atoms with Crippen LogP contribution in [0.3, 0.4) is 0 Å². The zero-order valence-electron chi connectivity index (χ0n) is 21.4. The zero-order chi connectivity index (χ0) is 26.5. The summed E-state index contributed by atoms with van der Waals surface area (Å²) in [7, 11) is 1.58. The maximum absolute atomic E-state index is 13.8. The summed E-state index contributed by atoms with van der Waals surface area (Å²) in [5, 5.41) is 15.5. The molecular weight excluding hydrogens is 488 g/mol. The quantitative estimate of drug-likeness (QED) is 0.337. The molecule has 38 heavy (non-hydrogen) atoms. The number of carbonyl (C=O) groups is 2. The van der Waals surface area contributed by atoms with Crippen molar-refractivity contribution in [2.75, 3.05) is 7.11 Å². The first-order chi connectivity index (χ1) is 18.5. The van der Waals surface area contributed by atoms with E-state index in [1.165, 1.54) is 16.0 Å². The van der Waals surface area contributed by atoms with Crippen molar-refractivity contribution in [1.29, 1.82) is 0 Å². The number of nitrogens with zero attached hydrogens (tertiary/aromatic N) is 5. The lowest BCUT2D eigenvalue weighted by Gasteiger charge is -2.31. The second kappa shape index (κ2) is 11.3. The lowest BCUT2D eigenvalue weighted by molar-refractivity contribution is -0.143. The summed E-state index contributed by atoms with van der Waals surface area (Å²) >= 11 is 0. The van der Waals surface area contributed by atoms with Crippen LogP contribution in [0.5, 0.6) is 5.75 Å². The third kappa shape index (κ3) is 5.77. The average Bonchev–Trinajstić information content (AvgIpc) is 3.73. The fourth-order valence-corrected chi connectivity index (χ4v) is 4.68. The molecule has 0 aliphatic heterocycles. The van der Waals surface area contributed by atoms with E-state index in [1.807, 2.05) is 6.92 Å². The number of nitrogens with one attached hydrogen (secondary N) is 1. The number of amides is 2. The average molecular weight is 519 g/mol. The molecule has 1 saturated carbocycles. The van der Waals surface area contributed by atoms with Crippen molar-refractivity contribution in [2.45, 2.75) is 57.8 Å².